The van der Waals surface area contributed by atoms with E-state index in [2.05, 4.69) is 4.98 Å². The number of carboxylic acid groups (broad SMARTS) is 1. The largest absolute Gasteiger partial charge is 0.478 e. The molecule has 0 aliphatic rings. The van der Waals surface area contributed by atoms with Crippen LogP contribution in [-0.2, 0) is 0 Å². The Bertz CT molecular complexity index is 559. The Kier molecular flexibility index (Phi) is 2.91. The summed E-state index contributed by atoms with van der Waals surface area (Å²) in [4.78, 5) is 15.3. The van der Waals surface area contributed by atoms with Gasteiger partial charge in [-0.1, -0.05) is 29.8 Å². The van der Waals surface area contributed by atoms with E-state index in [9.17, 15) is 4.79 Å². The van der Waals surface area contributed by atoms with Gasteiger partial charge in [-0.25, -0.2) is 4.79 Å². The van der Waals surface area contributed by atoms with Gasteiger partial charge in [-0.15, -0.1) is 0 Å². The molecule has 0 radical (unpaired) electrons. The van der Waals surface area contributed by atoms with E-state index in [1.54, 1.807) is 6.92 Å². The lowest BCUT2D eigenvalue weighted by Crippen LogP contribution is -2.02. The smallest absolute Gasteiger partial charge is 0.336 e. The Labute approximate surface area is 99.8 Å². The van der Waals surface area contributed by atoms with Crippen LogP contribution < -0.4 is 0 Å². The van der Waals surface area contributed by atoms with Gasteiger partial charge in [-0.3, -0.25) is 4.98 Å². The van der Waals surface area contributed by atoms with Crippen LogP contribution in [0.2, 0.25) is 0 Å². The third kappa shape index (κ3) is 2.18. The summed E-state index contributed by atoms with van der Waals surface area (Å²) in [5, 5.41) is 9.05. The van der Waals surface area contributed by atoms with Crippen molar-refractivity contribution < 1.29 is 9.90 Å². The van der Waals surface area contributed by atoms with Gasteiger partial charge in [0.1, 0.15) is 0 Å². The molecule has 0 fully saturated rings. The SMILES string of the molecule is Cc1ccc(-c2nccc(C(=O)O)c2C)cc1. The van der Waals surface area contributed by atoms with Crippen LogP contribution in [0.4, 0.5) is 0 Å². The average Bonchev–Trinajstić information content (AvgIpc) is 2.30. The van der Waals surface area contributed by atoms with E-state index in [0.29, 0.717) is 11.1 Å². The molecule has 0 unspecified atom stereocenters. The van der Waals surface area contributed by atoms with Crippen molar-refractivity contribution in [3.8, 4) is 11.3 Å². The standard InChI is InChI=1S/C14H13NO2/c1-9-3-5-11(6-4-9)13-10(2)12(14(16)17)7-8-15-13/h3-8H,1-2H3,(H,16,17). The molecule has 1 aromatic carbocycles. The molecule has 1 N–H and O–H groups in total. The van der Waals surface area contributed by atoms with Crippen molar-refractivity contribution in [1.29, 1.82) is 0 Å². The highest BCUT2D eigenvalue weighted by Crippen LogP contribution is 2.23. The van der Waals surface area contributed by atoms with Gasteiger partial charge >= 0.3 is 5.97 Å². The van der Waals surface area contributed by atoms with Crippen molar-refractivity contribution in [2.45, 2.75) is 13.8 Å². The third-order valence-corrected chi connectivity index (χ3v) is 2.76. The zero-order valence-corrected chi connectivity index (χ0v) is 9.77. The fourth-order valence-electron chi connectivity index (χ4n) is 1.77. The number of rotatable bonds is 2. The number of carbonyl (C=O) groups is 1. The number of carboxylic acids is 1. The first kappa shape index (κ1) is 11.3. The Morgan fingerprint density at radius 1 is 1.12 bits per heavy atom. The second kappa shape index (κ2) is 4.37. The van der Waals surface area contributed by atoms with Gasteiger partial charge in [0.2, 0.25) is 0 Å². The molecular weight excluding hydrogens is 214 g/mol. The first-order chi connectivity index (χ1) is 8.09. The highest BCUT2D eigenvalue weighted by atomic mass is 16.4. The van der Waals surface area contributed by atoms with E-state index >= 15 is 0 Å². The van der Waals surface area contributed by atoms with Crippen LogP contribution in [0.1, 0.15) is 21.5 Å². The first-order valence-corrected chi connectivity index (χ1v) is 5.35. The van der Waals surface area contributed by atoms with Crippen LogP contribution in [0.3, 0.4) is 0 Å². The third-order valence-electron chi connectivity index (χ3n) is 2.76. The normalized spacial score (nSPS) is 10.2. The Morgan fingerprint density at radius 3 is 2.35 bits per heavy atom. The molecular formula is C14H13NO2. The number of pyridine rings is 1. The summed E-state index contributed by atoms with van der Waals surface area (Å²) in [6.45, 7) is 3.80. The molecule has 0 aliphatic heterocycles. The summed E-state index contributed by atoms with van der Waals surface area (Å²) in [5.74, 6) is -0.918. The van der Waals surface area contributed by atoms with E-state index in [4.69, 9.17) is 5.11 Å². The monoisotopic (exact) mass is 227 g/mol. The van der Waals surface area contributed by atoms with Crippen LogP contribution in [0.25, 0.3) is 11.3 Å². The maximum absolute atomic E-state index is 11.0. The van der Waals surface area contributed by atoms with Crippen LogP contribution in [-0.4, -0.2) is 16.1 Å². The summed E-state index contributed by atoms with van der Waals surface area (Å²) in [6.07, 6.45) is 1.53. The highest BCUT2D eigenvalue weighted by Gasteiger charge is 2.12. The van der Waals surface area contributed by atoms with Gasteiger partial charge in [0.05, 0.1) is 11.3 Å². The molecule has 0 saturated carbocycles. The molecule has 0 bridgehead atoms. The molecule has 0 atom stereocenters. The fourth-order valence-corrected chi connectivity index (χ4v) is 1.77. The lowest BCUT2D eigenvalue weighted by Gasteiger charge is -2.07. The highest BCUT2D eigenvalue weighted by molar-refractivity contribution is 5.91. The van der Waals surface area contributed by atoms with Crippen molar-refractivity contribution in [3.63, 3.8) is 0 Å². The predicted molar refractivity (Wildman–Crippen MR) is 66.1 cm³/mol. The maximum Gasteiger partial charge on any atom is 0.336 e. The van der Waals surface area contributed by atoms with Crippen LogP contribution >= 0.6 is 0 Å². The van der Waals surface area contributed by atoms with E-state index in [0.717, 1.165) is 11.3 Å². The molecule has 17 heavy (non-hydrogen) atoms. The van der Waals surface area contributed by atoms with Crippen LogP contribution in [0.15, 0.2) is 36.5 Å². The van der Waals surface area contributed by atoms with Crippen molar-refractivity contribution in [1.82, 2.24) is 4.98 Å². The minimum atomic E-state index is -0.918. The number of nitrogens with zero attached hydrogens (tertiary/aromatic N) is 1. The molecule has 2 aromatic rings. The van der Waals surface area contributed by atoms with Gasteiger partial charge in [-0.2, -0.15) is 0 Å². The Morgan fingerprint density at radius 2 is 1.76 bits per heavy atom. The molecule has 1 heterocycles. The quantitative estimate of drug-likeness (QED) is 0.857. The van der Waals surface area contributed by atoms with E-state index < -0.39 is 5.97 Å². The molecule has 3 nitrogen and oxygen atoms in total. The van der Waals surface area contributed by atoms with Gasteiger partial charge in [0.15, 0.2) is 0 Å². The molecule has 0 saturated heterocycles. The minimum absolute atomic E-state index is 0.301. The molecule has 1 aromatic heterocycles. The van der Waals surface area contributed by atoms with Crippen molar-refractivity contribution >= 4 is 5.97 Å². The topological polar surface area (TPSA) is 50.2 Å². The zero-order valence-electron chi connectivity index (χ0n) is 9.77. The number of hydrogen-bond acceptors (Lipinski definition) is 2. The lowest BCUT2D eigenvalue weighted by atomic mass is 10.0. The molecule has 2 rings (SSSR count). The number of hydrogen-bond donors (Lipinski definition) is 1. The molecule has 0 aliphatic carbocycles. The number of aryl methyl sites for hydroxylation is 1. The summed E-state index contributed by atoms with van der Waals surface area (Å²) in [7, 11) is 0. The lowest BCUT2D eigenvalue weighted by molar-refractivity contribution is 0.0696. The van der Waals surface area contributed by atoms with Crippen LogP contribution in [0.5, 0.6) is 0 Å². The zero-order chi connectivity index (χ0) is 12.4. The van der Waals surface area contributed by atoms with E-state index in [1.165, 1.54) is 17.8 Å². The summed E-state index contributed by atoms with van der Waals surface area (Å²) in [6, 6.07) is 9.41. The van der Waals surface area contributed by atoms with Crippen molar-refractivity contribution in [2.24, 2.45) is 0 Å². The summed E-state index contributed by atoms with van der Waals surface area (Å²) >= 11 is 0. The molecule has 0 amide bonds. The Hall–Kier alpha value is -2.16. The second-order valence-corrected chi connectivity index (χ2v) is 4.00. The molecule has 0 spiro atoms. The van der Waals surface area contributed by atoms with Gasteiger partial charge in [-0.05, 0) is 25.5 Å². The molecule has 3 heteroatoms. The van der Waals surface area contributed by atoms with Gasteiger partial charge in [0, 0.05) is 11.8 Å². The van der Waals surface area contributed by atoms with Gasteiger partial charge < -0.3 is 5.11 Å². The minimum Gasteiger partial charge on any atom is -0.478 e. The van der Waals surface area contributed by atoms with E-state index in [-0.39, 0.29) is 0 Å². The van der Waals surface area contributed by atoms with Crippen molar-refractivity contribution in [2.75, 3.05) is 0 Å². The number of benzene rings is 1. The summed E-state index contributed by atoms with van der Waals surface area (Å²) < 4.78 is 0. The van der Waals surface area contributed by atoms with Crippen LogP contribution in [0, 0.1) is 13.8 Å². The number of aromatic nitrogens is 1. The van der Waals surface area contributed by atoms with E-state index in [1.807, 2.05) is 31.2 Å². The predicted octanol–water partition coefficient (Wildman–Crippen LogP) is 3.06. The van der Waals surface area contributed by atoms with Crippen molar-refractivity contribution in [3.05, 3.63) is 53.2 Å². The second-order valence-electron chi connectivity index (χ2n) is 4.00. The maximum atomic E-state index is 11.0. The fraction of sp³-hybridized carbons (Fsp3) is 0.143. The Balaban J connectivity index is 2.56. The first-order valence-electron chi connectivity index (χ1n) is 5.35. The van der Waals surface area contributed by atoms with Gasteiger partial charge in [0.25, 0.3) is 0 Å². The molecule has 86 valence electrons. The summed E-state index contributed by atoms with van der Waals surface area (Å²) in [5.41, 5.74) is 3.83. The number of aromatic carboxylic acids is 1. The average molecular weight is 227 g/mol.